The van der Waals surface area contributed by atoms with Gasteiger partial charge in [0.25, 0.3) is 0 Å². The first-order chi connectivity index (χ1) is 10.4. The zero-order chi connectivity index (χ0) is 16.2. The molecule has 0 saturated heterocycles. The summed E-state index contributed by atoms with van der Waals surface area (Å²) in [6.07, 6.45) is 0. The maximum atomic E-state index is 12.5. The van der Waals surface area contributed by atoms with Crippen LogP contribution < -0.4 is 15.8 Å². The van der Waals surface area contributed by atoms with Crippen LogP contribution in [0.15, 0.2) is 48.5 Å². The Morgan fingerprint density at radius 1 is 1.23 bits per heavy atom. The standard InChI is InChI=1S/C18H22N2O2/c1-4-22-15-10-11-16(13(2)12-15)20-17(21)18(3,19)14-8-6-5-7-9-14/h5-12H,4,19H2,1-3H3,(H,20,21). The van der Waals surface area contributed by atoms with Crippen LogP contribution in [0, 0.1) is 6.92 Å². The fraction of sp³-hybridized carbons (Fsp3) is 0.278. The fourth-order valence-electron chi connectivity index (χ4n) is 2.20. The molecule has 0 heterocycles. The lowest BCUT2D eigenvalue weighted by molar-refractivity contribution is -0.120. The SMILES string of the molecule is CCOc1ccc(NC(=O)C(C)(N)c2ccccc2)c(C)c1. The molecule has 4 nitrogen and oxygen atoms in total. The fourth-order valence-corrected chi connectivity index (χ4v) is 2.20. The summed E-state index contributed by atoms with van der Waals surface area (Å²) in [5.74, 6) is 0.544. The molecule has 0 spiro atoms. The van der Waals surface area contributed by atoms with Gasteiger partial charge in [-0.15, -0.1) is 0 Å². The summed E-state index contributed by atoms with van der Waals surface area (Å²) in [6.45, 7) is 6.18. The second-order valence-electron chi connectivity index (χ2n) is 5.43. The third-order valence-corrected chi connectivity index (χ3v) is 3.60. The highest BCUT2D eigenvalue weighted by molar-refractivity contribution is 5.98. The molecule has 0 bridgehead atoms. The number of benzene rings is 2. The van der Waals surface area contributed by atoms with Gasteiger partial charge in [0, 0.05) is 5.69 Å². The van der Waals surface area contributed by atoms with Crippen molar-refractivity contribution in [3.8, 4) is 5.75 Å². The van der Waals surface area contributed by atoms with E-state index >= 15 is 0 Å². The van der Waals surface area contributed by atoms with Crippen molar-refractivity contribution in [2.75, 3.05) is 11.9 Å². The van der Waals surface area contributed by atoms with E-state index in [1.807, 2.05) is 62.4 Å². The number of nitrogens with two attached hydrogens (primary N) is 1. The zero-order valence-electron chi connectivity index (χ0n) is 13.2. The maximum absolute atomic E-state index is 12.5. The van der Waals surface area contributed by atoms with Gasteiger partial charge >= 0.3 is 0 Å². The first-order valence-corrected chi connectivity index (χ1v) is 7.34. The molecule has 0 aliphatic rings. The van der Waals surface area contributed by atoms with Crippen molar-refractivity contribution in [3.63, 3.8) is 0 Å². The van der Waals surface area contributed by atoms with E-state index in [9.17, 15) is 4.79 Å². The topological polar surface area (TPSA) is 64.3 Å². The molecule has 0 aliphatic carbocycles. The molecule has 0 aromatic heterocycles. The molecule has 1 atom stereocenters. The molecular formula is C18H22N2O2. The summed E-state index contributed by atoms with van der Waals surface area (Å²) in [5, 5.41) is 2.90. The minimum atomic E-state index is -1.09. The Morgan fingerprint density at radius 3 is 2.50 bits per heavy atom. The molecule has 2 rings (SSSR count). The minimum absolute atomic E-state index is 0.244. The van der Waals surface area contributed by atoms with Gasteiger partial charge in [0.15, 0.2) is 0 Å². The van der Waals surface area contributed by atoms with E-state index in [4.69, 9.17) is 10.5 Å². The van der Waals surface area contributed by atoms with Gasteiger partial charge in [0.2, 0.25) is 5.91 Å². The minimum Gasteiger partial charge on any atom is -0.494 e. The number of aryl methyl sites for hydroxylation is 1. The molecule has 0 fully saturated rings. The third kappa shape index (κ3) is 3.46. The molecule has 1 unspecified atom stereocenters. The van der Waals surface area contributed by atoms with Gasteiger partial charge in [-0.25, -0.2) is 0 Å². The number of carbonyl (C=O) groups excluding carboxylic acids is 1. The number of anilines is 1. The van der Waals surface area contributed by atoms with Crippen molar-refractivity contribution in [3.05, 3.63) is 59.7 Å². The molecule has 4 heteroatoms. The van der Waals surface area contributed by atoms with Crippen molar-refractivity contribution in [2.45, 2.75) is 26.3 Å². The van der Waals surface area contributed by atoms with Crippen LogP contribution in [-0.4, -0.2) is 12.5 Å². The summed E-state index contributed by atoms with van der Waals surface area (Å²) in [5.41, 5.74) is 7.57. The molecule has 3 N–H and O–H groups in total. The van der Waals surface area contributed by atoms with Gasteiger partial charge in [-0.2, -0.15) is 0 Å². The van der Waals surface area contributed by atoms with Crippen molar-refractivity contribution in [1.29, 1.82) is 0 Å². The molecule has 0 aliphatic heterocycles. The summed E-state index contributed by atoms with van der Waals surface area (Å²) in [7, 11) is 0. The van der Waals surface area contributed by atoms with Crippen LogP contribution in [0.2, 0.25) is 0 Å². The van der Waals surface area contributed by atoms with Crippen LogP contribution in [0.25, 0.3) is 0 Å². The van der Waals surface area contributed by atoms with E-state index in [1.165, 1.54) is 0 Å². The lowest BCUT2D eigenvalue weighted by Gasteiger charge is -2.24. The van der Waals surface area contributed by atoms with Gasteiger partial charge in [0.05, 0.1) is 6.61 Å². The predicted octanol–water partition coefficient (Wildman–Crippen LogP) is 3.21. The monoisotopic (exact) mass is 298 g/mol. The third-order valence-electron chi connectivity index (χ3n) is 3.60. The number of carbonyl (C=O) groups is 1. The van der Waals surface area contributed by atoms with Crippen molar-refractivity contribution in [2.24, 2.45) is 5.73 Å². The molecule has 22 heavy (non-hydrogen) atoms. The van der Waals surface area contributed by atoms with E-state index in [1.54, 1.807) is 6.92 Å². The molecule has 0 radical (unpaired) electrons. The average Bonchev–Trinajstić information content (AvgIpc) is 2.51. The normalized spacial score (nSPS) is 13.3. The number of rotatable bonds is 5. The lowest BCUT2D eigenvalue weighted by Crippen LogP contribution is -2.45. The highest BCUT2D eigenvalue weighted by Crippen LogP contribution is 2.24. The second kappa shape index (κ2) is 6.62. The number of nitrogens with one attached hydrogen (secondary N) is 1. The number of hydrogen-bond donors (Lipinski definition) is 2. The molecule has 2 aromatic rings. The Hall–Kier alpha value is -2.33. The maximum Gasteiger partial charge on any atom is 0.248 e. The number of amides is 1. The van der Waals surface area contributed by atoms with Crippen LogP contribution >= 0.6 is 0 Å². The first kappa shape index (κ1) is 16.0. The van der Waals surface area contributed by atoms with Gasteiger partial charge in [-0.3, -0.25) is 4.79 Å². The Morgan fingerprint density at radius 2 is 1.91 bits per heavy atom. The highest BCUT2D eigenvalue weighted by atomic mass is 16.5. The molecule has 2 aromatic carbocycles. The second-order valence-corrected chi connectivity index (χ2v) is 5.43. The summed E-state index contributed by atoms with van der Waals surface area (Å²) in [6, 6.07) is 14.9. The number of ether oxygens (including phenoxy) is 1. The van der Waals surface area contributed by atoms with Crippen LogP contribution in [-0.2, 0) is 10.3 Å². The molecule has 116 valence electrons. The predicted molar refractivity (Wildman–Crippen MR) is 89.0 cm³/mol. The van der Waals surface area contributed by atoms with Crippen LogP contribution in [0.1, 0.15) is 25.0 Å². The smallest absolute Gasteiger partial charge is 0.248 e. The Kier molecular flexibility index (Phi) is 4.83. The highest BCUT2D eigenvalue weighted by Gasteiger charge is 2.30. The molecular weight excluding hydrogens is 276 g/mol. The quantitative estimate of drug-likeness (QED) is 0.891. The van der Waals surface area contributed by atoms with E-state index in [-0.39, 0.29) is 5.91 Å². The van der Waals surface area contributed by atoms with E-state index in [0.29, 0.717) is 6.61 Å². The Balaban J connectivity index is 2.18. The van der Waals surface area contributed by atoms with Gasteiger partial charge in [0.1, 0.15) is 11.3 Å². The summed E-state index contributed by atoms with van der Waals surface area (Å²) in [4.78, 5) is 12.5. The van der Waals surface area contributed by atoms with Gasteiger partial charge < -0.3 is 15.8 Å². The lowest BCUT2D eigenvalue weighted by atomic mass is 9.92. The Labute approximate surface area is 131 Å². The summed E-state index contributed by atoms with van der Waals surface area (Å²) < 4.78 is 5.45. The van der Waals surface area contributed by atoms with Crippen LogP contribution in [0.3, 0.4) is 0 Å². The van der Waals surface area contributed by atoms with Crippen molar-refractivity contribution in [1.82, 2.24) is 0 Å². The zero-order valence-corrected chi connectivity index (χ0v) is 13.2. The summed E-state index contributed by atoms with van der Waals surface area (Å²) >= 11 is 0. The first-order valence-electron chi connectivity index (χ1n) is 7.34. The average molecular weight is 298 g/mol. The van der Waals surface area contributed by atoms with Crippen LogP contribution in [0.4, 0.5) is 5.69 Å². The van der Waals surface area contributed by atoms with E-state index < -0.39 is 5.54 Å². The van der Waals surface area contributed by atoms with Gasteiger partial charge in [-0.1, -0.05) is 30.3 Å². The van der Waals surface area contributed by atoms with Gasteiger partial charge in [-0.05, 0) is 50.1 Å². The molecule has 0 saturated carbocycles. The van der Waals surface area contributed by atoms with Crippen molar-refractivity contribution >= 4 is 11.6 Å². The largest absolute Gasteiger partial charge is 0.494 e. The van der Waals surface area contributed by atoms with E-state index in [0.717, 1.165) is 22.6 Å². The van der Waals surface area contributed by atoms with E-state index in [2.05, 4.69) is 5.32 Å². The Bertz CT molecular complexity index is 651. The number of hydrogen-bond acceptors (Lipinski definition) is 3. The van der Waals surface area contributed by atoms with Crippen LogP contribution in [0.5, 0.6) is 5.75 Å². The van der Waals surface area contributed by atoms with Crippen molar-refractivity contribution < 1.29 is 9.53 Å². The molecule has 1 amide bonds.